The fraction of sp³-hybridized carbons (Fsp3) is 0.611. The number of hydrogen-bond donors (Lipinski definition) is 1. The van der Waals surface area contributed by atoms with Gasteiger partial charge in [0.25, 0.3) is 0 Å². The first kappa shape index (κ1) is 18.9. The normalized spacial score (nSPS) is 16.0. The van der Waals surface area contributed by atoms with Gasteiger partial charge in [-0.2, -0.15) is 0 Å². The molecule has 1 heterocycles. The molecule has 1 aromatic rings. The molecule has 24 heavy (non-hydrogen) atoms. The lowest BCUT2D eigenvalue weighted by atomic mass is 9.96. The molecule has 0 spiro atoms. The number of nitrogens with zero attached hydrogens (tertiary/aromatic N) is 2. The number of rotatable bonds is 7. The maximum Gasteiger partial charge on any atom is 0.193 e. The summed E-state index contributed by atoms with van der Waals surface area (Å²) >= 11 is 5.86. The highest BCUT2D eigenvalue weighted by atomic mass is 35.5. The lowest BCUT2D eigenvalue weighted by Gasteiger charge is -2.26. The maximum absolute atomic E-state index is 5.86. The van der Waals surface area contributed by atoms with E-state index in [9.17, 15) is 0 Å². The molecule has 0 amide bonds. The summed E-state index contributed by atoms with van der Waals surface area (Å²) in [6, 6.07) is 7.40. The van der Waals surface area contributed by atoms with Crippen LogP contribution < -0.4 is 10.1 Å². The molecular formula is C18H28ClN3O2. The summed E-state index contributed by atoms with van der Waals surface area (Å²) < 4.78 is 11.1. The summed E-state index contributed by atoms with van der Waals surface area (Å²) in [5.41, 5.74) is 0. The number of nitrogens with one attached hydrogen (secondary N) is 1. The first-order valence-corrected chi connectivity index (χ1v) is 8.94. The monoisotopic (exact) mass is 353 g/mol. The fourth-order valence-electron chi connectivity index (χ4n) is 2.76. The zero-order chi connectivity index (χ0) is 17.2. The predicted octanol–water partition coefficient (Wildman–Crippen LogP) is 3.04. The van der Waals surface area contributed by atoms with Gasteiger partial charge in [0.2, 0.25) is 0 Å². The molecule has 1 aromatic carbocycles. The van der Waals surface area contributed by atoms with E-state index in [-0.39, 0.29) is 0 Å². The number of guanidine groups is 1. The standard InChI is InChI=1S/C18H28ClN3O2/c1-20-18(22(2)11-7-15-8-12-23-13-9-15)21-10-14-24-17-5-3-16(19)4-6-17/h3-6,15H,7-14H2,1-2H3,(H,20,21). The lowest BCUT2D eigenvalue weighted by molar-refractivity contribution is 0.0625. The van der Waals surface area contributed by atoms with Gasteiger partial charge in [-0.05, 0) is 49.4 Å². The first-order chi connectivity index (χ1) is 11.7. The second-order valence-electron chi connectivity index (χ2n) is 6.04. The Labute approximate surface area is 150 Å². The van der Waals surface area contributed by atoms with Gasteiger partial charge in [0.15, 0.2) is 5.96 Å². The zero-order valence-corrected chi connectivity index (χ0v) is 15.4. The van der Waals surface area contributed by atoms with E-state index in [0.717, 1.165) is 37.4 Å². The van der Waals surface area contributed by atoms with Gasteiger partial charge in [0, 0.05) is 38.9 Å². The van der Waals surface area contributed by atoms with E-state index in [1.807, 2.05) is 31.3 Å². The van der Waals surface area contributed by atoms with Crippen LogP contribution in [0.3, 0.4) is 0 Å². The van der Waals surface area contributed by atoms with Gasteiger partial charge >= 0.3 is 0 Å². The van der Waals surface area contributed by atoms with E-state index in [1.54, 1.807) is 0 Å². The van der Waals surface area contributed by atoms with Crippen molar-refractivity contribution in [3.8, 4) is 5.75 Å². The Morgan fingerprint density at radius 3 is 2.71 bits per heavy atom. The molecule has 0 atom stereocenters. The Morgan fingerprint density at radius 2 is 2.04 bits per heavy atom. The quantitative estimate of drug-likeness (QED) is 0.465. The van der Waals surface area contributed by atoms with E-state index in [0.29, 0.717) is 18.2 Å². The lowest BCUT2D eigenvalue weighted by Crippen LogP contribution is -2.41. The van der Waals surface area contributed by atoms with Gasteiger partial charge in [0.1, 0.15) is 12.4 Å². The van der Waals surface area contributed by atoms with E-state index in [4.69, 9.17) is 21.1 Å². The third-order valence-corrected chi connectivity index (χ3v) is 4.51. The molecule has 1 saturated heterocycles. The van der Waals surface area contributed by atoms with Crippen LogP contribution in [0, 0.1) is 5.92 Å². The van der Waals surface area contributed by atoms with Crippen LogP contribution in [-0.2, 0) is 4.74 Å². The SMILES string of the molecule is CN=C(NCCOc1ccc(Cl)cc1)N(C)CCC1CCOCC1. The third-order valence-electron chi connectivity index (χ3n) is 4.25. The number of hydrogen-bond acceptors (Lipinski definition) is 3. The Bertz CT molecular complexity index is 501. The van der Waals surface area contributed by atoms with E-state index in [1.165, 1.54) is 19.3 Å². The van der Waals surface area contributed by atoms with E-state index in [2.05, 4.69) is 22.3 Å². The molecule has 0 unspecified atom stereocenters. The minimum atomic E-state index is 0.578. The molecule has 1 N–H and O–H groups in total. The van der Waals surface area contributed by atoms with Crippen LogP contribution in [0.5, 0.6) is 5.75 Å². The van der Waals surface area contributed by atoms with Crippen molar-refractivity contribution in [3.05, 3.63) is 29.3 Å². The number of halogens is 1. The van der Waals surface area contributed by atoms with Crippen LogP contribution in [0.25, 0.3) is 0 Å². The van der Waals surface area contributed by atoms with E-state index < -0.39 is 0 Å². The molecule has 0 saturated carbocycles. The van der Waals surface area contributed by atoms with Crippen LogP contribution >= 0.6 is 11.6 Å². The molecule has 1 aliphatic heterocycles. The van der Waals surface area contributed by atoms with Crippen molar-refractivity contribution in [1.82, 2.24) is 10.2 Å². The number of aliphatic imine (C=N–C) groups is 1. The molecule has 1 fully saturated rings. The molecule has 0 radical (unpaired) electrons. The fourth-order valence-corrected chi connectivity index (χ4v) is 2.89. The van der Waals surface area contributed by atoms with Crippen molar-refractivity contribution < 1.29 is 9.47 Å². The Morgan fingerprint density at radius 1 is 1.33 bits per heavy atom. The summed E-state index contributed by atoms with van der Waals surface area (Å²) in [5.74, 6) is 2.50. The van der Waals surface area contributed by atoms with Crippen molar-refractivity contribution in [2.24, 2.45) is 10.9 Å². The molecule has 5 nitrogen and oxygen atoms in total. The third kappa shape index (κ3) is 6.57. The molecule has 0 aliphatic carbocycles. The highest BCUT2D eigenvalue weighted by Crippen LogP contribution is 2.18. The van der Waals surface area contributed by atoms with Crippen molar-refractivity contribution >= 4 is 17.6 Å². The van der Waals surface area contributed by atoms with Crippen LogP contribution in [0.15, 0.2) is 29.3 Å². The van der Waals surface area contributed by atoms with Gasteiger partial charge in [-0.25, -0.2) is 0 Å². The topological polar surface area (TPSA) is 46.1 Å². The smallest absolute Gasteiger partial charge is 0.193 e. The van der Waals surface area contributed by atoms with Crippen LogP contribution in [0.1, 0.15) is 19.3 Å². The molecular weight excluding hydrogens is 326 g/mol. The molecule has 0 aromatic heterocycles. The number of benzene rings is 1. The minimum absolute atomic E-state index is 0.578. The summed E-state index contributed by atoms with van der Waals surface area (Å²) in [7, 11) is 3.89. The molecule has 0 bridgehead atoms. The van der Waals surface area contributed by atoms with Crippen LogP contribution in [0.4, 0.5) is 0 Å². The van der Waals surface area contributed by atoms with E-state index >= 15 is 0 Å². The molecule has 134 valence electrons. The van der Waals surface area contributed by atoms with Gasteiger partial charge in [-0.15, -0.1) is 0 Å². The second-order valence-corrected chi connectivity index (χ2v) is 6.48. The van der Waals surface area contributed by atoms with Gasteiger partial charge < -0.3 is 19.7 Å². The van der Waals surface area contributed by atoms with Gasteiger partial charge in [0.05, 0.1) is 6.54 Å². The Balaban J connectivity index is 1.64. The van der Waals surface area contributed by atoms with Gasteiger partial charge in [-0.1, -0.05) is 11.6 Å². The Kier molecular flexibility index (Phi) is 8.19. The summed E-state index contributed by atoms with van der Waals surface area (Å²) in [6.45, 7) is 4.10. The average Bonchev–Trinajstić information content (AvgIpc) is 2.62. The van der Waals surface area contributed by atoms with Crippen molar-refractivity contribution in [2.75, 3.05) is 47.0 Å². The zero-order valence-electron chi connectivity index (χ0n) is 14.6. The van der Waals surface area contributed by atoms with Crippen molar-refractivity contribution in [3.63, 3.8) is 0 Å². The largest absolute Gasteiger partial charge is 0.492 e. The summed E-state index contributed by atoms with van der Waals surface area (Å²) in [5, 5.41) is 4.05. The van der Waals surface area contributed by atoms with Crippen molar-refractivity contribution in [1.29, 1.82) is 0 Å². The highest BCUT2D eigenvalue weighted by Gasteiger charge is 2.15. The predicted molar refractivity (Wildman–Crippen MR) is 99.1 cm³/mol. The Hall–Kier alpha value is -1.46. The molecule has 2 rings (SSSR count). The maximum atomic E-state index is 5.86. The second kappa shape index (κ2) is 10.4. The first-order valence-electron chi connectivity index (χ1n) is 8.57. The summed E-state index contributed by atoms with van der Waals surface area (Å²) in [4.78, 5) is 6.52. The van der Waals surface area contributed by atoms with Crippen LogP contribution in [-0.4, -0.2) is 57.9 Å². The summed E-state index contributed by atoms with van der Waals surface area (Å²) in [6.07, 6.45) is 3.53. The van der Waals surface area contributed by atoms with Crippen LogP contribution in [0.2, 0.25) is 5.02 Å². The molecule has 6 heteroatoms. The minimum Gasteiger partial charge on any atom is -0.492 e. The highest BCUT2D eigenvalue weighted by molar-refractivity contribution is 6.30. The van der Waals surface area contributed by atoms with Crippen molar-refractivity contribution in [2.45, 2.75) is 19.3 Å². The van der Waals surface area contributed by atoms with Gasteiger partial charge in [-0.3, -0.25) is 4.99 Å². The average molecular weight is 354 g/mol. The number of ether oxygens (including phenoxy) is 2. The molecule has 1 aliphatic rings.